The summed E-state index contributed by atoms with van der Waals surface area (Å²) in [7, 11) is -3.93. The van der Waals surface area contributed by atoms with Crippen LogP contribution in [0, 0.1) is 0 Å². The van der Waals surface area contributed by atoms with Gasteiger partial charge in [-0.25, -0.2) is 18.4 Å². The predicted octanol–water partition coefficient (Wildman–Crippen LogP) is 0.486. The number of carbonyl (C=O) groups is 1. The number of benzene rings is 1. The Morgan fingerprint density at radius 2 is 1.88 bits per heavy atom. The fraction of sp³-hybridized carbons (Fsp3) is 0.100. The number of carboxylic acid groups (broad SMARTS) is 1. The molecule has 0 aromatic heterocycles. The third-order valence-corrected chi connectivity index (χ3v) is 2.43. The smallest absolute Gasteiger partial charge is 0.332 e. The van der Waals surface area contributed by atoms with Crippen LogP contribution in [0.3, 0.4) is 0 Å². The highest BCUT2D eigenvalue weighted by Crippen LogP contribution is 2.09. The van der Waals surface area contributed by atoms with Crippen LogP contribution in [0.2, 0.25) is 0 Å². The standard InChI is InChI=1S/C10H11NO4S/c11-16(14,15)7-9(10(12)13)6-8-4-2-1-3-5-8/h1-5,7H,6H2,(H,12,13)(H2,11,14,15). The molecular formula is C10H11NO4S. The maximum atomic E-state index is 10.8. The molecule has 0 aliphatic carbocycles. The Bertz CT molecular complexity index is 505. The van der Waals surface area contributed by atoms with Crippen molar-refractivity contribution in [2.45, 2.75) is 6.42 Å². The molecule has 6 heteroatoms. The van der Waals surface area contributed by atoms with E-state index in [0.717, 1.165) is 0 Å². The first-order valence-corrected chi connectivity index (χ1v) is 6.00. The number of nitrogens with two attached hydrogens (primary N) is 1. The summed E-state index contributed by atoms with van der Waals surface area (Å²) in [6.07, 6.45) is 0.0204. The molecule has 16 heavy (non-hydrogen) atoms. The van der Waals surface area contributed by atoms with Crippen molar-refractivity contribution in [3.63, 3.8) is 0 Å². The van der Waals surface area contributed by atoms with E-state index in [4.69, 9.17) is 10.2 Å². The molecule has 86 valence electrons. The van der Waals surface area contributed by atoms with Gasteiger partial charge in [0.1, 0.15) is 0 Å². The molecule has 3 N–H and O–H groups in total. The van der Waals surface area contributed by atoms with Crippen molar-refractivity contribution in [3.05, 3.63) is 46.9 Å². The highest BCUT2D eigenvalue weighted by Gasteiger charge is 2.11. The minimum absolute atomic E-state index is 0.0204. The molecule has 0 spiro atoms. The van der Waals surface area contributed by atoms with Crippen molar-refractivity contribution in [3.8, 4) is 0 Å². The van der Waals surface area contributed by atoms with E-state index in [9.17, 15) is 13.2 Å². The lowest BCUT2D eigenvalue weighted by atomic mass is 10.1. The predicted molar refractivity (Wildman–Crippen MR) is 59.0 cm³/mol. The quantitative estimate of drug-likeness (QED) is 0.749. The molecule has 0 heterocycles. The number of sulfonamides is 1. The lowest BCUT2D eigenvalue weighted by molar-refractivity contribution is -0.132. The molecule has 0 unspecified atom stereocenters. The molecule has 1 aromatic carbocycles. The second-order valence-electron chi connectivity index (χ2n) is 3.20. The normalized spacial score (nSPS) is 12.4. The summed E-state index contributed by atoms with van der Waals surface area (Å²) >= 11 is 0. The Morgan fingerprint density at radius 1 is 1.31 bits per heavy atom. The zero-order valence-electron chi connectivity index (χ0n) is 8.33. The van der Waals surface area contributed by atoms with E-state index in [0.29, 0.717) is 11.0 Å². The first-order chi connectivity index (χ1) is 7.38. The molecule has 0 atom stereocenters. The van der Waals surface area contributed by atoms with Crippen LogP contribution in [0.4, 0.5) is 0 Å². The third-order valence-electron chi connectivity index (χ3n) is 1.82. The summed E-state index contributed by atoms with van der Waals surface area (Å²) in [4.78, 5) is 10.8. The van der Waals surface area contributed by atoms with E-state index in [-0.39, 0.29) is 12.0 Å². The van der Waals surface area contributed by atoms with Crippen LogP contribution in [0.15, 0.2) is 41.3 Å². The molecule has 1 rings (SSSR count). The fourth-order valence-electron chi connectivity index (χ4n) is 1.18. The van der Waals surface area contributed by atoms with Gasteiger partial charge in [0.2, 0.25) is 10.0 Å². The second kappa shape index (κ2) is 4.91. The van der Waals surface area contributed by atoms with E-state index in [1.54, 1.807) is 30.3 Å². The van der Waals surface area contributed by atoms with Crippen LogP contribution in [0.1, 0.15) is 5.56 Å². The van der Waals surface area contributed by atoms with Crippen molar-refractivity contribution in [2.24, 2.45) is 5.14 Å². The number of hydrogen-bond donors (Lipinski definition) is 2. The molecule has 5 nitrogen and oxygen atoms in total. The van der Waals surface area contributed by atoms with Crippen molar-refractivity contribution >= 4 is 16.0 Å². The molecule has 0 bridgehead atoms. The van der Waals surface area contributed by atoms with Crippen LogP contribution < -0.4 is 5.14 Å². The van der Waals surface area contributed by atoms with Gasteiger partial charge in [-0.15, -0.1) is 0 Å². The minimum atomic E-state index is -3.93. The molecule has 0 saturated carbocycles. The topological polar surface area (TPSA) is 97.5 Å². The Hall–Kier alpha value is -1.66. The molecule has 0 amide bonds. The average Bonchev–Trinajstić information content (AvgIpc) is 2.16. The van der Waals surface area contributed by atoms with Gasteiger partial charge in [-0.1, -0.05) is 30.3 Å². The monoisotopic (exact) mass is 241 g/mol. The minimum Gasteiger partial charge on any atom is -0.478 e. The molecule has 0 saturated heterocycles. The van der Waals surface area contributed by atoms with Crippen LogP contribution in [-0.2, 0) is 21.2 Å². The lowest BCUT2D eigenvalue weighted by Gasteiger charge is -2.01. The van der Waals surface area contributed by atoms with Gasteiger partial charge >= 0.3 is 5.97 Å². The molecule has 1 aromatic rings. The van der Waals surface area contributed by atoms with Gasteiger partial charge in [-0.05, 0) is 5.56 Å². The number of hydrogen-bond acceptors (Lipinski definition) is 3. The van der Waals surface area contributed by atoms with E-state index in [2.05, 4.69) is 0 Å². The van der Waals surface area contributed by atoms with Crippen molar-refractivity contribution in [1.82, 2.24) is 0 Å². The average molecular weight is 241 g/mol. The highest BCUT2D eigenvalue weighted by molar-refractivity contribution is 7.92. The summed E-state index contributed by atoms with van der Waals surface area (Å²) in [6, 6.07) is 8.69. The van der Waals surface area contributed by atoms with Gasteiger partial charge in [0.05, 0.1) is 11.0 Å². The van der Waals surface area contributed by atoms with E-state index in [1.807, 2.05) is 0 Å². The van der Waals surface area contributed by atoms with Gasteiger partial charge < -0.3 is 5.11 Å². The van der Waals surface area contributed by atoms with Crippen LogP contribution >= 0.6 is 0 Å². The third kappa shape index (κ3) is 4.24. The van der Waals surface area contributed by atoms with Gasteiger partial charge in [-0.2, -0.15) is 0 Å². The zero-order chi connectivity index (χ0) is 12.2. The SMILES string of the molecule is NS(=O)(=O)C=C(Cc1ccccc1)C(=O)O. The van der Waals surface area contributed by atoms with Crippen LogP contribution in [0.25, 0.3) is 0 Å². The largest absolute Gasteiger partial charge is 0.478 e. The Kier molecular flexibility index (Phi) is 3.81. The van der Waals surface area contributed by atoms with E-state index in [1.165, 1.54) is 0 Å². The Balaban J connectivity index is 2.99. The number of carboxylic acids is 1. The molecule has 0 fully saturated rings. The molecule has 0 aliphatic rings. The number of primary sulfonamides is 1. The van der Waals surface area contributed by atoms with Gasteiger partial charge in [0, 0.05) is 6.42 Å². The maximum Gasteiger partial charge on any atom is 0.332 e. The zero-order valence-corrected chi connectivity index (χ0v) is 9.15. The maximum absolute atomic E-state index is 10.8. The van der Waals surface area contributed by atoms with Crippen LogP contribution in [0.5, 0.6) is 0 Å². The van der Waals surface area contributed by atoms with E-state index >= 15 is 0 Å². The summed E-state index contributed by atoms with van der Waals surface area (Å²) in [5.74, 6) is -1.29. The van der Waals surface area contributed by atoms with Crippen molar-refractivity contribution in [1.29, 1.82) is 0 Å². The van der Waals surface area contributed by atoms with Crippen LogP contribution in [-0.4, -0.2) is 19.5 Å². The Morgan fingerprint density at radius 3 is 2.31 bits per heavy atom. The fourth-order valence-corrected chi connectivity index (χ4v) is 1.76. The summed E-state index contributed by atoms with van der Waals surface area (Å²) < 4.78 is 21.5. The molecule has 0 aliphatic heterocycles. The van der Waals surface area contributed by atoms with Gasteiger partial charge in [0.25, 0.3) is 0 Å². The Labute approximate surface area is 93.3 Å². The molecule has 0 radical (unpaired) electrons. The summed E-state index contributed by atoms with van der Waals surface area (Å²) in [5.41, 5.74) is 0.452. The van der Waals surface area contributed by atoms with E-state index < -0.39 is 16.0 Å². The highest BCUT2D eigenvalue weighted by atomic mass is 32.2. The first-order valence-electron chi connectivity index (χ1n) is 4.39. The lowest BCUT2D eigenvalue weighted by Crippen LogP contribution is -2.13. The van der Waals surface area contributed by atoms with Gasteiger partial charge in [0.15, 0.2) is 0 Å². The molecular weight excluding hydrogens is 230 g/mol. The second-order valence-corrected chi connectivity index (χ2v) is 4.61. The van der Waals surface area contributed by atoms with Crippen molar-refractivity contribution in [2.75, 3.05) is 0 Å². The number of rotatable bonds is 4. The first kappa shape index (κ1) is 12.4. The number of aliphatic carboxylic acids is 1. The van der Waals surface area contributed by atoms with Gasteiger partial charge in [-0.3, -0.25) is 0 Å². The van der Waals surface area contributed by atoms with Crippen molar-refractivity contribution < 1.29 is 18.3 Å². The summed E-state index contributed by atoms with van der Waals surface area (Å²) in [5, 5.41) is 14.1. The summed E-state index contributed by atoms with van der Waals surface area (Å²) in [6.45, 7) is 0.